The average molecular weight is 368 g/mol. The molecule has 1 fully saturated rings. The molecule has 1 aliphatic carbocycles. The van der Waals surface area contributed by atoms with Crippen molar-refractivity contribution >= 4 is 26.0 Å². The first-order valence-electron chi connectivity index (χ1n) is 6.49. The third-order valence-corrected chi connectivity index (χ3v) is 5.86. The summed E-state index contributed by atoms with van der Waals surface area (Å²) >= 11 is 3.23. The molecular weight excluding hydrogens is 352 g/mol. The molecule has 20 heavy (non-hydrogen) atoms. The van der Waals surface area contributed by atoms with Crippen molar-refractivity contribution < 1.29 is 17.2 Å². The van der Waals surface area contributed by atoms with Gasteiger partial charge in [-0.2, -0.15) is 4.31 Å². The normalized spacial score (nSPS) is 17.0. The van der Waals surface area contributed by atoms with Crippen molar-refractivity contribution in [3.05, 3.63) is 29.8 Å². The quantitative estimate of drug-likeness (QED) is 0.748. The summed E-state index contributed by atoms with van der Waals surface area (Å²) < 4.78 is 53.2. The highest BCUT2D eigenvalue weighted by Gasteiger charge is 2.34. The van der Waals surface area contributed by atoms with Gasteiger partial charge in [-0.25, -0.2) is 17.2 Å². The molecule has 1 saturated carbocycles. The van der Waals surface area contributed by atoms with Gasteiger partial charge in [-0.3, -0.25) is 0 Å². The molecule has 0 aromatic heterocycles. The Labute approximate surface area is 126 Å². The molecule has 0 atom stereocenters. The Morgan fingerprint density at radius 3 is 2.45 bits per heavy atom. The summed E-state index contributed by atoms with van der Waals surface area (Å²) in [6.07, 6.45) is 3.53. The lowest BCUT2D eigenvalue weighted by atomic mass is 10.2. The van der Waals surface area contributed by atoms with Crippen LogP contribution in [0.3, 0.4) is 0 Å². The third kappa shape index (κ3) is 3.20. The fraction of sp³-hybridized carbons (Fsp3) is 0.538. The Kier molecular flexibility index (Phi) is 5.14. The van der Waals surface area contributed by atoms with Gasteiger partial charge in [-0.15, -0.1) is 0 Å². The maximum atomic E-state index is 13.8. The highest BCUT2D eigenvalue weighted by atomic mass is 79.9. The number of nitrogens with zero attached hydrogens (tertiary/aromatic N) is 1. The lowest BCUT2D eigenvalue weighted by Crippen LogP contribution is -2.40. The summed E-state index contributed by atoms with van der Waals surface area (Å²) in [7, 11) is -3.93. The lowest BCUT2D eigenvalue weighted by molar-refractivity contribution is 0.336. The van der Waals surface area contributed by atoms with Gasteiger partial charge in [0.2, 0.25) is 10.0 Å². The van der Waals surface area contributed by atoms with Gasteiger partial charge in [0.05, 0.1) is 0 Å². The van der Waals surface area contributed by atoms with E-state index in [2.05, 4.69) is 15.9 Å². The molecular formula is C13H16BrF2NO2S. The van der Waals surface area contributed by atoms with E-state index in [0.717, 1.165) is 37.8 Å². The van der Waals surface area contributed by atoms with Crippen molar-refractivity contribution in [3.8, 4) is 0 Å². The largest absolute Gasteiger partial charge is 0.246 e. The van der Waals surface area contributed by atoms with E-state index in [4.69, 9.17) is 0 Å². The summed E-state index contributed by atoms with van der Waals surface area (Å²) in [6, 6.07) is 2.48. The fourth-order valence-corrected chi connectivity index (χ4v) is 4.94. The number of sulfonamides is 1. The maximum absolute atomic E-state index is 13.8. The molecule has 0 bridgehead atoms. The second-order valence-corrected chi connectivity index (χ2v) is 7.47. The molecule has 0 unspecified atom stereocenters. The van der Waals surface area contributed by atoms with Crippen molar-refractivity contribution in [2.24, 2.45) is 0 Å². The number of hydrogen-bond acceptors (Lipinski definition) is 2. The fourth-order valence-electron chi connectivity index (χ4n) is 2.59. The molecule has 3 nitrogen and oxygen atoms in total. The summed E-state index contributed by atoms with van der Waals surface area (Å²) in [4.78, 5) is -0.452. The third-order valence-electron chi connectivity index (χ3n) is 3.52. The minimum absolute atomic E-state index is 0.0954. The van der Waals surface area contributed by atoms with Gasteiger partial charge in [0.15, 0.2) is 0 Å². The highest BCUT2D eigenvalue weighted by molar-refractivity contribution is 9.09. The van der Waals surface area contributed by atoms with E-state index in [1.54, 1.807) is 0 Å². The van der Waals surface area contributed by atoms with E-state index >= 15 is 0 Å². The van der Waals surface area contributed by atoms with Crippen LogP contribution in [0.4, 0.5) is 8.78 Å². The molecule has 1 aromatic rings. The summed E-state index contributed by atoms with van der Waals surface area (Å²) in [5.41, 5.74) is 0. The molecule has 0 spiro atoms. The van der Waals surface area contributed by atoms with Crippen LogP contribution in [0, 0.1) is 11.6 Å². The minimum atomic E-state index is -3.93. The molecule has 1 aromatic carbocycles. The number of hydrogen-bond donors (Lipinski definition) is 0. The number of rotatable bonds is 5. The summed E-state index contributed by atoms with van der Waals surface area (Å²) in [6.45, 7) is 0.282. The smallest absolute Gasteiger partial charge is 0.207 e. The topological polar surface area (TPSA) is 37.4 Å². The zero-order valence-electron chi connectivity index (χ0n) is 10.9. The Bertz CT molecular complexity index is 574. The van der Waals surface area contributed by atoms with Crippen molar-refractivity contribution in [2.75, 3.05) is 11.9 Å². The van der Waals surface area contributed by atoms with Gasteiger partial charge in [-0.05, 0) is 25.0 Å². The molecule has 1 aliphatic rings. The Balaban J connectivity index is 2.39. The predicted octanol–water partition coefficient (Wildman–Crippen LogP) is 3.29. The zero-order chi connectivity index (χ0) is 14.8. The van der Waals surface area contributed by atoms with Gasteiger partial charge in [0.1, 0.15) is 16.5 Å². The zero-order valence-corrected chi connectivity index (χ0v) is 13.3. The average Bonchev–Trinajstić information content (AvgIpc) is 2.88. The monoisotopic (exact) mass is 367 g/mol. The first-order valence-corrected chi connectivity index (χ1v) is 9.06. The first-order chi connectivity index (χ1) is 9.46. The molecule has 112 valence electrons. The molecule has 0 amide bonds. The van der Waals surface area contributed by atoms with Crippen LogP contribution in [0.1, 0.15) is 25.7 Å². The molecule has 0 aliphatic heterocycles. The van der Waals surface area contributed by atoms with Crippen molar-refractivity contribution in [3.63, 3.8) is 0 Å². The number of halogens is 3. The van der Waals surface area contributed by atoms with E-state index in [9.17, 15) is 17.2 Å². The molecule has 7 heteroatoms. The highest BCUT2D eigenvalue weighted by Crippen LogP contribution is 2.29. The van der Waals surface area contributed by atoms with Crippen LogP contribution in [-0.2, 0) is 10.0 Å². The van der Waals surface area contributed by atoms with Gasteiger partial charge in [0, 0.05) is 24.0 Å². The molecule has 0 N–H and O–H groups in total. The molecule has 0 radical (unpaired) electrons. The summed E-state index contributed by atoms with van der Waals surface area (Å²) in [5.74, 6) is -1.82. The molecule has 0 heterocycles. The van der Waals surface area contributed by atoms with Crippen LogP contribution in [0.25, 0.3) is 0 Å². The second-order valence-electron chi connectivity index (χ2n) is 4.82. The minimum Gasteiger partial charge on any atom is -0.207 e. The van der Waals surface area contributed by atoms with Crippen LogP contribution in [0.2, 0.25) is 0 Å². The van der Waals surface area contributed by atoms with Gasteiger partial charge in [0.25, 0.3) is 0 Å². The SMILES string of the molecule is O=S(=O)(c1ccc(F)cc1F)N(CCBr)C1CCCC1. The van der Waals surface area contributed by atoms with Crippen LogP contribution in [0.5, 0.6) is 0 Å². The number of benzene rings is 1. The number of alkyl halides is 1. The Hall–Kier alpha value is -0.530. The van der Waals surface area contributed by atoms with Gasteiger partial charge >= 0.3 is 0 Å². The van der Waals surface area contributed by atoms with Crippen LogP contribution in [-0.4, -0.2) is 30.6 Å². The molecule has 2 rings (SSSR count). The Morgan fingerprint density at radius 1 is 1.25 bits per heavy atom. The summed E-state index contributed by atoms with van der Waals surface area (Å²) in [5, 5.41) is 0.478. The van der Waals surface area contributed by atoms with Gasteiger partial charge in [-0.1, -0.05) is 28.8 Å². The van der Waals surface area contributed by atoms with E-state index in [-0.39, 0.29) is 12.6 Å². The van der Waals surface area contributed by atoms with Crippen molar-refractivity contribution in [2.45, 2.75) is 36.6 Å². The first kappa shape index (κ1) is 15.9. The second kappa shape index (κ2) is 6.49. The predicted molar refractivity (Wildman–Crippen MR) is 76.3 cm³/mol. The van der Waals surface area contributed by atoms with E-state index in [0.29, 0.717) is 11.4 Å². The van der Waals surface area contributed by atoms with E-state index in [1.807, 2.05) is 0 Å². The molecule has 0 saturated heterocycles. The van der Waals surface area contributed by atoms with Crippen molar-refractivity contribution in [1.82, 2.24) is 4.31 Å². The van der Waals surface area contributed by atoms with Gasteiger partial charge < -0.3 is 0 Å². The van der Waals surface area contributed by atoms with Crippen LogP contribution < -0.4 is 0 Å². The maximum Gasteiger partial charge on any atom is 0.246 e. The Morgan fingerprint density at radius 2 is 1.90 bits per heavy atom. The lowest BCUT2D eigenvalue weighted by Gasteiger charge is -2.27. The van der Waals surface area contributed by atoms with Crippen molar-refractivity contribution in [1.29, 1.82) is 0 Å². The van der Waals surface area contributed by atoms with Crippen LogP contribution in [0.15, 0.2) is 23.1 Å². The standard InChI is InChI=1S/C13H16BrF2NO2S/c14-7-8-17(11-3-1-2-4-11)20(18,19)13-6-5-10(15)9-12(13)16/h5-6,9,11H,1-4,7-8H2. The van der Waals surface area contributed by atoms with E-state index < -0.39 is 26.6 Å². The van der Waals surface area contributed by atoms with Crippen LogP contribution >= 0.6 is 15.9 Å². The van der Waals surface area contributed by atoms with E-state index in [1.165, 1.54) is 4.31 Å².